The highest BCUT2D eigenvalue weighted by molar-refractivity contribution is 7.89. The van der Waals surface area contributed by atoms with E-state index in [0.29, 0.717) is 35.4 Å². The van der Waals surface area contributed by atoms with Gasteiger partial charge in [0, 0.05) is 18.5 Å². The number of aromatic amines is 1. The fraction of sp³-hybridized carbons (Fsp3) is 0.227. The lowest BCUT2D eigenvalue weighted by Gasteiger charge is -2.16. The van der Waals surface area contributed by atoms with Crippen molar-refractivity contribution in [2.24, 2.45) is 0 Å². The van der Waals surface area contributed by atoms with E-state index in [0.717, 1.165) is 12.8 Å². The summed E-state index contributed by atoms with van der Waals surface area (Å²) in [6.45, 7) is 2.62. The highest BCUT2D eigenvalue weighted by atomic mass is 32.2. The van der Waals surface area contributed by atoms with Crippen LogP contribution in [0, 0.1) is 6.92 Å². The molecule has 158 valence electrons. The van der Waals surface area contributed by atoms with Gasteiger partial charge < -0.3 is 0 Å². The van der Waals surface area contributed by atoms with Crippen LogP contribution in [0.3, 0.4) is 0 Å². The zero-order valence-corrected chi connectivity index (χ0v) is 17.6. The Morgan fingerprint density at radius 2 is 1.68 bits per heavy atom. The van der Waals surface area contributed by atoms with Crippen LogP contribution in [-0.2, 0) is 10.0 Å². The number of H-pyrrole nitrogens is 1. The minimum atomic E-state index is -3.68. The maximum Gasteiger partial charge on any atom is 0.278 e. The number of pyridine rings is 1. The molecule has 0 unspecified atom stereocenters. The fourth-order valence-electron chi connectivity index (χ4n) is 4.18. The van der Waals surface area contributed by atoms with Crippen molar-refractivity contribution >= 4 is 31.7 Å². The zero-order valence-electron chi connectivity index (χ0n) is 16.8. The number of aromatic nitrogens is 3. The molecule has 1 saturated heterocycles. The monoisotopic (exact) mass is 436 g/mol. The Kier molecular flexibility index (Phi) is 4.53. The summed E-state index contributed by atoms with van der Waals surface area (Å²) in [4.78, 5) is 30.9. The van der Waals surface area contributed by atoms with E-state index in [1.807, 2.05) is 6.07 Å². The van der Waals surface area contributed by atoms with Crippen molar-refractivity contribution in [1.29, 1.82) is 0 Å². The van der Waals surface area contributed by atoms with E-state index in [9.17, 15) is 18.0 Å². The molecule has 2 aromatic heterocycles. The van der Waals surface area contributed by atoms with Crippen LogP contribution in [0.25, 0.3) is 27.4 Å². The number of rotatable bonds is 3. The summed E-state index contributed by atoms with van der Waals surface area (Å²) in [5.74, 6) is 0. The number of para-hydroxylation sites is 1. The summed E-state index contributed by atoms with van der Waals surface area (Å²) in [6, 6.07) is 13.3. The van der Waals surface area contributed by atoms with E-state index in [1.54, 1.807) is 37.3 Å². The van der Waals surface area contributed by atoms with Crippen LogP contribution in [0.4, 0.5) is 0 Å². The van der Waals surface area contributed by atoms with Crippen LogP contribution in [0.5, 0.6) is 0 Å². The van der Waals surface area contributed by atoms with Gasteiger partial charge in [-0.3, -0.25) is 19.7 Å². The van der Waals surface area contributed by atoms with Crippen LogP contribution in [-0.4, -0.2) is 40.6 Å². The van der Waals surface area contributed by atoms with Gasteiger partial charge in [-0.1, -0.05) is 18.2 Å². The van der Waals surface area contributed by atoms with Gasteiger partial charge in [-0.05, 0) is 50.1 Å². The van der Waals surface area contributed by atoms with Crippen molar-refractivity contribution in [3.8, 4) is 5.69 Å². The van der Waals surface area contributed by atoms with Crippen molar-refractivity contribution < 1.29 is 8.42 Å². The van der Waals surface area contributed by atoms with Crippen LogP contribution in [0.2, 0.25) is 0 Å². The van der Waals surface area contributed by atoms with Crippen molar-refractivity contribution in [3.63, 3.8) is 0 Å². The molecule has 4 aromatic rings. The molecule has 1 aliphatic heterocycles. The molecule has 0 aliphatic carbocycles. The average Bonchev–Trinajstić information content (AvgIpc) is 3.31. The smallest absolute Gasteiger partial charge is 0.267 e. The molecule has 2 aromatic carbocycles. The molecule has 3 heterocycles. The Balaban J connectivity index is 1.87. The SMILES string of the molecule is Cc1nc2ccc(S(=O)(=O)N3CCCC3)cc2c2c(=O)n(-c3ccccc3)[nH]c(=O)c12. The Morgan fingerprint density at radius 1 is 0.968 bits per heavy atom. The Labute approximate surface area is 177 Å². The van der Waals surface area contributed by atoms with Gasteiger partial charge in [0.1, 0.15) is 0 Å². The predicted molar refractivity (Wildman–Crippen MR) is 118 cm³/mol. The first-order valence-corrected chi connectivity index (χ1v) is 11.5. The van der Waals surface area contributed by atoms with Gasteiger partial charge in [0.05, 0.1) is 32.6 Å². The highest BCUT2D eigenvalue weighted by Gasteiger charge is 2.28. The third-order valence-corrected chi connectivity index (χ3v) is 7.61. The lowest BCUT2D eigenvalue weighted by Crippen LogP contribution is -2.29. The molecule has 0 bridgehead atoms. The van der Waals surface area contributed by atoms with E-state index >= 15 is 0 Å². The molecule has 0 saturated carbocycles. The first-order valence-electron chi connectivity index (χ1n) is 10.0. The summed E-state index contributed by atoms with van der Waals surface area (Å²) in [5.41, 5.74) is 0.490. The molecular weight excluding hydrogens is 416 g/mol. The summed E-state index contributed by atoms with van der Waals surface area (Å²) in [7, 11) is -3.68. The first kappa shape index (κ1) is 19.7. The second-order valence-corrected chi connectivity index (χ2v) is 9.59. The van der Waals surface area contributed by atoms with Crippen LogP contribution in [0.1, 0.15) is 18.5 Å². The molecule has 9 heteroatoms. The number of aryl methyl sites for hydroxylation is 1. The lowest BCUT2D eigenvalue weighted by atomic mass is 10.1. The Morgan fingerprint density at radius 3 is 2.39 bits per heavy atom. The van der Waals surface area contributed by atoms with Gasteiger partial charge in [-0.2, -0.15) is 4.31 Å². The van der Waals surface area contributed by atoms with Gasteiger partial charge in [0.15, 0.2) is 0 Å². The highest BCUT2D eigenvalue weighted by Crippen LogP contribution is 2.27. The molecule has 1 fully saturated rings. The van der Waals surface area contributed by atoms with Gasteiger partial charge in [0.2, 0.25) is 10.0 Å². The van der Waals surface area contributed by atoms with E-state index in [1.165, 1.54) is 21.1 Å². The standard InChI is InChI=1S/C22H20N4O4S/c1-14-19-20(22(28)26(24-21(19)27)15-7-3-2-4-8-15)17-13-16(9-10-18(17)23-14)31(29,30)25-11-5-6-12-25/h2-4,7-10,13H,5-6,11-12H2,1H3,(H,24,27). The summed E-state index contributed by atoms with van der Waals surface area (Å²) < 4.78 is 28.8. The van der Waals surface area contributed by atoms with E-state index in [2.05, 4.69) is 10.1 Å². The zero-order chi connectivity index (χ0) is 21.8. The molecule has 0 amide bonds. The number of nitrogens with zero attached hydrogens (tertiary/aromatic N) is 3. The number of hydrogen-bond donors (Lipinski definition) is 1. The largest absolute Gasteiger partial charge is 0.278 e. The number of sulfonamides is 1. The fourth-order valence-corrected chi connectivity index (χ4v) is 5.73. The number of nitrogens with one attached hydrogen (secondary N) is 1. The molecule has 0 spiro atoms. The van der Waals surface area contributed by atoms with Crippen molar-refractivity contribution in [2.75, 3.05) is 13.1 Å². The number of hydrogen-bond acceptors (Lipinski definition) is 5. The van der Waals surface area contributed by atoms with E-state index in [-0.39, 0.29) is 15.7 Å². The van der Waals surface area contributed by atoms with Crippen molar-refractivity contribution in [2.45, 2.75) is 24.7 Å². The molecular formula is C22H20N4O4S. The van der Waals surface area contributed by atoms with Crippen molar-refractivity contribution in [1.82, 2.24) is 19.1 Å². The molecule has 1 N–H and O–H groups in total. The maximum atomic E-state index is 13.5. The molecule has 8 nitrogen and oxygen atoms in total. The Hall–Kier alpha value is -3.30. The average molecular weight is 436 g/mol. The third kappa shape index (κ3) is 3.08. The normalized spacial score (nSPS) is 15.1. The summed E-state index contributed by atoms with van der Waals surface area (Å²) >= 11 is 0. The molecule has 5 rings (SSSR count). The van der Waals surface area contributed by atoms with Gasteiger partial charge in [-0.15, -0.1) is 0 Å². The Bertz CT molecular complexity index is 1550. The van der Waals surface area contributed by atoms with Gasteiger partial charge in [-0.25, -0.2) is 13.1 Å². The summed E-state index contributed by atoms with van der Waals surface area (Å²) in [6.07, 6.45) is 1.65. The topological polar surface area (TPSA) is 105 Å². The predicted octanol–water partition coefficient (Wildman–Crippen LogP) is 2.32. The van der Waals surface area contributed by atoms with Gasteiger partial charge >= 0.3 is 0 Å². The number of benzene rings is 2. The molecule has 0 atom stereocenters. The van der Waals surface area contributed by atoms with Crippen molar-refractivity contribution in [3.05, 3.63) is 74.9 Å². The third-order valence-electron chi connectivity index (χ3n) is 5.71. The van der Waals surface area contributed by atoms with Crippen LogP contribution in [0.15, 0.2) is 63.0 Å². The second-order valence-electron chi connectivity index (χ2n) is 7.65. The maximum absolute atomic E-state index is 13.5. The lowest BCUT2D eigenvalue weighted by molar-refractivity contribution is 0.477. The van der Waals surface area contributed by atoms with Crippen LogP contribution < -0.4 is 11.1 Å². The van der Waals surface area contributed by atoms with E-state index in [4.69, 9.17) is 0 Å². The van der Waals surface area contributed by atoms with E-state index < -0.39 is 21.1 Å². The minimum Gasteiger partial charge on any atom is -0.267 e. The molecule has 0 radical (unpaired) electrons. The van der Waals surface area contributed by atoms with Crippen LogP contribution >= 0.6 is 0 Å². The molecule has 1 aliphatic rings. The quantitative estimate of drug-likeness (QED) is 0.496. The first-order chi connectivity index (χ1) is 14.9. The second kappa shape index (κ2) is 7.14. The number of fused-ring (bicyclic) bond motifs is 3. The summed E-state index contributed by atoms with van der Waals surface area (Å²) in [5, 5.41) is 3.29. The molecule has 31 heavy (non-hydrogen) atoms. The minimum absolute atomic E-state index is 0.0970. The van der Waals surface area contributed by atoms with Gasteiger partial charge in [0.25, 0.3) is 11.1 Å².